The third-order valence-corrected chi connectivity index (χ3v) is 5.92. The Bertz CT molecular complexity index is 634. The van der Waals surface area contributed by atoms with Gasteiger partial charge < -0.3 is 0 Å². The van der Waals surface area contributed by atoms with E-state index in [-0.39, 0.29) is 9.92 Å². The molecule has 0 aromatic heterocycles. The molecule has 1 aliphatic carbocycles. The van der Waals surface area contributed by atoms with Crippen molar-refractivity contribution in [3.8, 4) is 0 Å². The van der Waals surface area contributed by atoms with Gasteiger partial charge in [0.1, 0.15) is 0 Å². The van der Waals surface area contributed by atoms with Gasteiger partial charge in [0.2, 0.25) is 5.24 Å². The largest absolute Gasteiger partial charge is 0.281 e. The Hall–Kier alpha value is -0.580. The third kappa shape index (κ3) is 4.21. The summed E-state index contributed by atoms with van der Waals surface area (Å²) in [6.07, 6.45) is 6.45. The molecule has 1 unspecified atom stereocenters. The summed E-state index contributed by atoms with van der Waals surface area (Å²) in [5.74, 6) is 0.0898. The number of rotatable bonds is 5. The van der Waals surface area contributed by atoms with Gasteiger partial charge >= 0.3 is 0 Å². The summed E-state index contributed by atoms with van der Waals surface area (Å²) in [6.45, 7) is 0. The quantitative estimate of drug-likeness (QED) is 0.750. The van der Waals surface area contributed by atoms with E-state index in [1.807, 2.05) is 0 Å². The van der Waals surface area contributed by atoms with Gasteiger partial charge in [-0.25, -0.2) is 8.42 Å². The summed E-state index contributed by atoms with van der Waals surface area (Å²) in [5.41, 5.74) is 0.694. The Labute approximate surface area is 135 Å². The first kappa shape index (κ1) is 16.8. The van der Waals surface area contributed by atoms with Gasteiger partial charge in [0.25, 0.3) is 0 Å². The van der Waals surface area contributed by atoms with Crippen LogP contribution in [0.4, 0.5) is 0 Å². The first-order valence-corrected chi connectivity index (χ1v) is 9.62. The SMILES string of the molecule is CS(=O)(=O)c1ccc(C(CC2CCCC2)C(=O)Cl)cc1Cl. The Kier molecular flexibility index (Phi) is 5.33. The molecule has 6 heteroatoms. The molecule has 0 N–H and O–H groups in total. The van der Waals surface area contributed by atoms with Crippen LogP contribution in [-0.2, 0) is 14.6 Å². The second kappa shape index (κ2) is 6.67. The fraction of sp³-hybridized carbons (Fsp3) is 0.533. The minimum Gasteiger partial charge on any atom is -0.281 e. The molecule has 116 valence electrons. The van der Waals surface area contributed by atoms with Gasteiger partial charge in [-0.05, 0) is 41.6 Å². The molecule has 0 aliphatic heterocycles. The molecular weight excluding hydrogens is 331 g/mol. The van der Waals surface area contributed by atoms with Gasteiger partial charge in [-0.15, -0.1) is 0 Å². The van der Waals surface area contributed by atoms with Gasteiger partial charge in [-0.2, -0.15) is 0 Å². The van der Waals surface area contributed by atoms with Crippen molar-refractivity contribution in [3.05, 3.63) is 28.8 Å². The van der Waals surface area contributed by atoms with Crippen molar-refractivity contribution in [1.29, 1.82) is 0 Å². The standard InChI is InChI=1S/C15H18Cl2O3S/c1-21(19,20)14-7-6-11(9-13(14)16)12(15(17)18)8-10-4-2-3-5-10/h6-7,9-10,12H,2-5,8H2,1H3. The second-order valence-electron chi connectivity index (χ2n) is 5.70. The highest BCUT2D eigenvalue weighted by Gasteiger charge is 2.26. The fourth-order valence-electron chi connectivity index (χ4n) is 2.97. The zero-order valence-corrected chi connectivity index (χ0v) is 14.1. The molecule has 1 atom stereocenters. The lowest BCUT2D eigenvalue weighted by Crippen LogP contribution is -2.12. The number of sulfone groups is 1. The van der Waals surface area contributed by atoms with Crippen LogP contribution in [0.15, 0.2) is 23.1 Å². The van der Waals surface area contributed by atoms with E-state index in [9.17, 15) is 13.2 Å². The maximum absolute atomic E-state index is 11.7. The average molecular weight is 349 g/mol. The van der Waals surface area contributed by atoms with Crippen LogP contribution in [0.25, 0.3) is 0 Å². The highest BCUT2D eigenvalue weighted by Crippen LogP contribution is 2.36. The third-order valence-electron chi connectivity index (χ3n) is 4.08. The molecule has 0 saturated heterocycles. The van der Waals surface area contributed by atoms with Crippen LogP contribution in [0.2, 0.25) is 5.02 Å². The maximum atomic E-state index is 11.7. The molecular formula is C15H18Cl2O3S. The normalized spacial score (nSPS) is 17.9. The number of carbonyl (C=O) groups excluding carboxylic acids is 1. The predicted molar refractivity (Wildman–Crippen MR) is 84.7 cm³/mol. The smallest absolute Gasteiger partial charge is 0.229 e. The Balaban J connectivity index is 2.28. The van der Waals surface area contributed by atoms with Crippen LogP contribution in [0.5, 0.6) is 0 Å². The highest BCUT2D eigenvalue weighted by atomic mass is 35.5. The molecule has 2 rings (SSSR count). The topological polar surface area (TPSA) is 51.2 Å². The van der Waals surface area contributed by atoms with Crippen LogP contribution in [0.1, 0.15) is 43.6 Å². The Morgan fingerprint density at radius 3 is 2.43 bits per heavy atom. The zero-order chi connectivity index (χ0) is 15.6. The summed E-state index contributed by atoms with van der Waals surface area (Å²) in [4.78, 5) is 11.8. The number of benzene rings is 1. The maximum Gasteiger partial charge on any atom is 0.229 e. The van der Waals surface area contributed by atoms with E-state index in [4.69, 9.17) is 23.2 Å². The fourth-order valence-corrected chi connectivity index (χ4v) is 4.53. The Morgan fingerprint density at radius 2 is 1.95 bits per heavy atom. The van der Waals surface area contributed by atoms with E-state index in [1.54, 1.807) is 12.1 Å². The number of halogens is 2. The highest BCUT2D eigenvalue weighted by molar-refractivity contribution is 7.90. The molecule has 1 saturated carbocycles. The van der Waals surface area contributed by atoms with Crippen LogP contribution in [0.3, 0.4) is 0 Å². The van der Waals surface area contributed by atoms with Crippen molar-refractivity contribution in [2.45, 2.75) is 42.9 Å². The molecule has 1 fully saturated rings. The van der Waals surface area contributed by atoms with Crippen molar-refractivity contribution in [3.63, 3.8) is 0 Å². The second-order valence-corrected chi connectivity index (χ2v) is 8.47. The Morgan fingerprint density at radius 1 is 1.33 bits per heavy atom. The molecule has 0 amide bonds. The number of hydrogen-bond acceptors (Lipinski definition) is 3. The molecule has 1 aromatic carbocycles. The molecule has 0 bridgehead atoms. The van der Waals surface area contributed by atoms with E-state index >= 15 is 0 Å². The first-order valence-electron chi connectivity index (χ1n) is 6.98. The summed E-state index contributed by atoms with van der Waals surface area (Å²) in [5, 5.41) is -0.269. The van der Waals surface area contributed by atoms with Gasteiger partial charge in [0.05, 0.1) is 15.8 Å². The minimum absolute atomic E-state index is 0.0783. The molecule has 21 heavy (non-hydrogen) atoms. The van der Waals surface area contributed by atoms with Gasteiger partial charge in [-0.3, -0.25) is 4.79 Å². The van der Waals surface area contributed by atoms with E-state index in [1.165, 1.54) is 18.9 Å². The monoisotopic (exact) mass is 348 g/mol. The predicted octanol–water partition coefficient (Wildman–Crippen LogP) is 4.17. The van der Waals surface area contributed by atoms with Crippen molar-refractivity contribution in [2.75, 3.05) is 6.26 Å². The molecule has 3 nitrogen and oxygen atoms in total. The average Bonchev–Trinajstić information content (AvgIpc) is 2.86. The van der Waals surface area contributed by atoms with Crippen molar-refractivity contribution in [1.82, 2.24) is 0 Å². The molecule has 0 spiro atoms. The van der Waals surface area contributed by atoms with Crippen LogP contribution in [-0.4, -0.2) is 19.9 Å². The molecule has 1 aromatic rings. The molecule has 0 heterocycles. The summed E-state index contributed by atoms with van der Waals surface area (Å²) >= 11 is 11.8. The van der Waals surface area contributed by atoms with Crippen molar-refractivity contribution < 1.29 is 13.2 Å². The van der Waals surface area contributed by atoms with E-state index in [2.05, 4.69) is 0 Å². The van der Waals surface area contributed by atoms with E-state index < -0.39 is 21.0 Å². The molecule has 0 radical (unpaired) electrons. The minimum atomic E-state index is -3.37. The van der Waals surface area contributed by atoms with Gasteiger partial charge in [0, 0.05) is 6.26 Å². The summed E-state index contributed by atoms with van der Waals surface area (Å²) in [7, 11) is -3.37. The lowest BCUT2D eigenvalue weighted by Gasteiger charge is -2.18. The number of carbonyl (C=O) groups is 1. The van der Waals surface area contributed by atoms with E-state index in [0.717, 1.165) is 19.1 Å². The summed E-state index contributed by atoms with van der Waals surface area (Å²) in [6, 6.07) is 4.65. The van der Waals surface area contributed by atoms with Crippen LogP contribution >= 0.6 is 23.2 Å². The lowest BCUT2D eigenvalue weighted by atomic mass is 9.89. The lowest BCUT2D eigenvalue weighted by molar-refractivity contribution is -0.113. The number of hydrogen-bond donors (Lipinski definition) is 0. The summed E-state index contributed by atoms with van der Waals surface area (Å²) < 4.78 is 23.1. The zero-order valence-electron chi connectivity index (χ0n) is 11.8. The first-order chi connectivity index (χ1) is 9.79. The van der Waals surface area contributed by atoms with Gasteiger partial charge in [-0.1, -0.05) is 43.4 Å². The van der Waals surface area contributed by atoms with E-state index in [0.29, 0.717) is 17.9 Å². The van der Waals surface area contributed by atoms with Crippen molar-refractivity contribution >= 4 is 38.3 Å². The van der Waals surface area contributed by atoms with Crippen LogP contribution in [0, 0.1) is 5.92 Å². The van der Waals surface area contributed by atoms with Gasteiger partial charge in [0.15, 0.2) is 9.84 Å². The molecule has 1 aliphatic rings. The van der Waals surface area contributed by atoms with Crippen molar-refractivity contribution in [2.24, 2.45) is 5.92 Å². The van der Waals surface area contributed by atoms with Crippen LogP contribution < -0.4 is 0 Å².